The fourth-order valence-electron chi connectivity index (χ4n) is 4.32. The van der Waals surface area contributed by atoms with E-state index in [2.05, 4.69) is 10.6 Å². The molecule has 0 aliphatic carbocycles. The van der Waals surface area contributed by atoms with Gasteiger partial charge in [0.05, 0.1) is 12.6 Å². The smallest absolute Gasteiger partial charge is 0.412 e. The first-order valence-electron chi connectivity index (χ1n) is 13.1. The maximum atomic E-state index is 13.6. The summed E-state index contributed by atoms with van der Waals surface area (Å²) in [5.41, 5.74) is 0.0975. The van der Waals surface area contributed by atoms with E-state index in [0.29, 0.717) is 25.0 Å². The molecule has 3 rings (SSSR count). The Kier molecular flexibility index (Phi) is 9.49. The molecule has 9 nitrogen and oxygen atoms in total. The first-order valence-corrected chi connectivity index (χ1v) is 13.1. The number of anilines is 1. The second-order valence-electron chi connectivity index (χ2n) is 11.1. The fourth-order valence-corrected chi connectivity index (χ4v) is 4.32. The summed E-state index contributed by atoms with van der Waals surface area (Å²) in [6.07, 6.45) is 1.65. The molecule has 2 N–H and O–H groups in total. The third-order valence-electron chi connectivity index (χ3n) is 6.40. The third-order valence-corrected chi connectivity index (χ3v) is 6.40. The Morgan fingerprint density at radius 1 is 1.08 bits per heavy atom. The molecule has 1 aliphatic rings. The van der Waals surface area contributed by atoms with Crippen molar-refractivity contribution in [2.75, 3.05) is 11.9 Å². The number of ether oxygens (including phenoxy) is 2. The van der Waals surface area contributed by atoms with Crippen molar-refractivity contribution in [3.05, 3.63) is 64.1 Å². The van der Waals surface area contributed by atoms with E-state index < -0.39 is 35.2 Å². The van der Waals surface area contributed by atoms with Gasteiger partial charge in [-0.05, 0) is 55.7 Å². The molecular formula is C29H39N3O6. The number of benzene rings is 1. The number of aromatic nitrogens is 1. The molecule has 1 fully saturated rings. The molecule has 38 heavy (non-hydrogen) atoms. The van der Waals surface area contributed by atoms with Gasteiger partial charge in [-0.2, -0.15) is 0 Å². The number of Topliss-reactive ketones (excluding diaryl/α,β-unsaturated/α-hetero) is 1. The molecule has 0 unspecified atom stereocenters. The molecule has 1 aliphatic heterocycles. The molecule has 2 heterocycles. The summed E-state index contributed by atoms with van der Waals surface area (Å²) < 4.78 is 11.9. The first-order chi connectivity index (χ1) is 17.9. The van der Waals surface area contributed by atoms with E-state index in [-0.39, 0.29) is 29.9 Å². The SMILES string of the molecule is Cc1cc(NC(=O)OCc2ccccc2)c(=O)n([C@H](CC(C)C)C(=O)N[C@@H](CC(C)C)C(=O)[C@@]2(C)CO2)c1. The highest BCUT2D eigenvalue weighted by Gasteiger charge is 2.50. The quantitative estimate of drug-likeness (QED) is 0.397. The summed E-state index contributed by atoms with van der Waals surface area (Å²) in [5.74, 6) is -0.348. The minimum Gasteiger partial charge on any atom is -0.444 e. The first kappa shape index (κ1) is 29.1. The maximum Gasteiger partial charge on any atom is 0.412 e. The number of carbonyl (C=O) groups is 3. The number of nitrogens with zero attached hydrogens (tertiary/aromatic N) is 1. The highest BCUT2D eigenvalue weighted by atomic mass is 16.6. The van der Waals surface area contributed by atoms with Crippen LogP contribution in [0.4, 0.5) is 10.5 Å². The summed E-state index contributed by atoms with van der Waals surface area (Å²) in [6, 6.07) is 9.14. The van der Waals surface area contributed by atoms with Gasteiger partial charge in [0.2, 0.25) is 5.91 Å². The van der Waals surface area contributed by atoms with E-state index >= 15 is 0 Å². The summed E-state index contributed by atoms with van der Waals surface area (Å²) in [6.45, 7) is 11.8. The van der Waals surface area contributed by atoms with Crippen molar-refractivity contribution in [1.82, 2.24) is 9.88 Å². The van der Waals surface area contributed by atoms with Crippen molar-refractivity contribution in [3.8, 4) is 0 Å². The largest absolute Gasteiger partial charge is 0.444 e. The zero-order valence-corrected chi connectivity index (χ0v) is 23.1. The second-order valence-corrected chi connectivity index (χ2v) is 11.1. The summed E-state index contributed by atoms with van der Waals surface area (Å²) >= 11 is 0. The van der Waals surface area contributed by atoms with E-state index in [9.17, 15) is 19.2 Å². The Balaban J connectivity index is 1.83. The second kappa shape index (κ2) is 12.4. The topological polar surface area (TPSA) is 119 Å². The Bertz CT molecular complexity index is 1200. The Morgan fingerprint density at radius 2 is 1.71 bits per heavy atom. The van der Waals surface area contributed by atoms with Gasteiger partial charge < -0.3 is 19.4 Å². The van der Waals surface area contributed by atoms with Gasteiger partial charge >= 0.3 is 6.09 Å². The van der Waals surface area contributed by atoms with Crippen molar-refractivity contribution in [2.24, 2.45) is 11.8 Å². The van der Waals surface area contributed by atoms with Crippen LogP contribution < -0.4 is 16.2 Å². The number of ketones is 1. The van der Waals surface area contributed by atoms with Gasteiger partial charge in [0.15, 0.2) is 5.78 Å². The van der Waals surface area contributed by atoms with E-state index in [1.54, 1.807) is 26.1 Å². The van der Waals surface area contributed by atoms with Crippen LogP contribution in [0.25, 0.3) is 0 Å². The van der Waals surface area contributed by atoms with Crippen LogP contribution >= 0.6 is 0 Å². The zero-order chi connectivity index (χ0) is 28.0. The molecule has 1 saturated heterocycles. The number of aryl methyl sites for hydroxylation is 1. The standard InChI is InChI=1S/C29H39N3O6/c1-18(2)12-22(25(33)29(6)17-38-29)30-26(34)24(13-19(3)4)32-15-20(5)14-23(27(32)35)31-28(36)37-16-21-10-8-7-9-11-21/h7-11,14-15,18-19,22,24H,12-13,16-17H2,1-6H3,(H,30,34)(H,31,36)/t22-,24+,29+/m0/s1. The highest BCUT2D eigenvalue weighted by molar-refractivity contribution is 5.97. The molecule has 0 spiro atoms. The lowest BCUT2D eigenvalue weighted by atomic mass is 9.92. The molecule has 1 aromatic heterocycles. The number of hydrogen-bond donors (Lipinski definition) is 2. The van der Waals surface area contributed by atoms with Gasteiger partial charge in [0, 0.05) is 6.20 Å². The predicted molar refractivity (Wildman–Crippen MR) is 145 cm³/mol. The Labute approximate surface area is 223 Å². The van der Waals surface area contributed by atoms with Crippen molar-refractivity contribution in [2.45, 2.75) is 78.7 Å². The number of amides is 2. The van der Waals surface area contributed by atoms with Crippen LogP contribution in [0.1, 0.15) is 64.6 Å². The number of epoxide rings is 1. The predicted octanol–water partition coefficient (Wildman–Crippen LogP) is 4.38. The van der Waals surface area contributed by atoms with Gasteiger partial charge in [-0.15, -0.1) is 0 Å². The minimum atomic E-state index is -0.877. The van der Waals surface area contributed by atoms with E-state index in [1.807, 2.05) is 58.0 Å². The van der Waals surface area contributed by atoms with Crippen LogP contribution in [-0.2, 0) is 25.7 Å². The average Bonchev–Trinajstić information content (AvgIpc) is 3.61. The molecule has 2 aromatic rings. The monoisotopic (exact) mass is 525 g/mol. The normalized spacial score (nSPS) is 18.1. The lowest BCUT2D eigenvalue weighted by Crippen LogP contribution is -2.50. The minimum absolute atomic E-state index is 0.0123. The zero-order valence-electron chi connectivity index (χ0n) is 23.1. The molecule has 2 amide bonds. The van der Waals surface area contributed by atoms with Crippen LogP contribution in [0.5, 0.6) is 0 Å². The number of nitrogens with one attached hydrogen (secondary N) is 2. The average molecular weight is 526 g/mol. The number of carbonyl (C=O) groups excluding carboxylic acids is 3. The summed E-state index contributed by atoms with van der Waals surface area (Å²) in [7, 11) is 0. The van der Waals surface area contributed by atoms with Crippen LogP contribution in [0.2, 0.25) is 0 Å². The van der Waals surface area contributed by atoms with Crippen LogP contribution in [-0.4, -0.2) is 40.6 Å². The molecule has 9 heteroatoms. The number of hydrogen-bond acceptors (Lipinski definition) is 6. The van der Waals surface area contributed by atoms with Crippen molar-refractivity contribution in [3.63, 3.8) is 0 Å². The van der Waals surface area contributed by atoms with Crippen LogP contribution in [0, 0.1) is 18.8 Å². The number of rotatable bonds is 12. The Hall–Kier alpha value is -3.46. The van der Waals surface area contributed by atoms with Crippen LogP contribution in [0.15, 0.2) is 47.4 Å². The van der Waals surface area contributed by atoms with Gasteiger partial charge in [0.1, 0.15) is 23.9 Å². The lowest BCUT2D eigenvalue weighted by Gasteiger charge is -2.27. The van der Waals surface area contributed by atoms with Crippen molar-refractivity contribution < 1.29 is 23.9 Å². The molecule has 3 atom stereocenters. The van der Waals surface area contributed by atoms with E-state index in [1.165, 1.54) is 4.57 Å². The molecule has 0 saturated carbocycles. The van der Waals surface area contributed by atoms with Gasteiger partial charge in [0.25, 0.3) is 5.56 Å². The fraction of sp³-hybridized carbons (Fsp3) is 0.517. The Morgan fingerprint density at radius 3 is 2.29 bits per heavy atom. The number of pyridine rings is 1. The maximum absolute atomic E-state index is 13.6. The van der Waals surface area contributed by atoms with Gasteiger partial charge in [-0.3, -0.25) is 19.7 Å². The van der Waals surface area contributed by atoms with Gasteiger partial charge in [-0.25, -0.2) is 4.79 Å². The third kappa shape index (κ3) is 7.77. The van der Waals surface area contributed by atoms with Crippen molar-refractivity contribution >= 4 is 23.5 Å². The lowest BCUT2D eigenvalue weighted by molar-refractivity contribution is -0.132. The molecule has 0 radical (unpaired) electrons. The molecular weight excluding hydrogens is 486 g/mol. The van der Waals surface area contributed by atoms with Gasteiger partial charge in [-0.1, -0.05) is 58.0 Å². The van der Waals surface area contributed by atoms with Crippen LogP contribution in [0.3, 0.4) is 0 Å². The summed E-state index contributed by atoms with van der Waals surface area (Å²) in [4.78, 5) is 52.6. The summed E-state index contributed by atoms with van der Waals surface area (Å²) in [5, 5.41) is 5.43. The van der Waals surface area contributed by atoms with E-state index in [4.69, 9.17) is 9.47 Å². The van der Waals surface area contributed by atoms with E-state index in [0.717, 1.165) is 5.56 Å². The highest BCUT2D eigenvalue weighted by Crippen LogP contribution is 2.30. The molecule has 1 aromatic carbocycles. The molecule has 0 bridgehead atoms. The van der Waals surface area contributed by atoms with Crippen molar-refractivity contribution in [1.29, 1.82) is 0 Å². The molecule has 206 valence electrons.